The molecule has 5 atom stereocenters. The lowest BCUT2D eigenvalue weighted by Crippen LogP contribution is -2.57. The van der Waals surface area contributed by atoms with E-state index in [1.54, 1.807) is 18.2 Å². The highest BCUT2D eigenvalue weighted by Crippen LogP contribution is 2.45. The first kappa shape index (κ1) is 21.5. The Hall–Kier alpha value is -2.21. The lowest BCUT2D eigenvalue weighted by atomic mass is 9.77. The Bertz CT molecular complexity index is 821. The van der Waals surface area contributed by atoms with Gasteiger partial charge in [0.25, 0.3) is 0 Å². The minimum Gasteiger partial charge on any atom is -0.496 e. The summed E-state index contributed by atoms with van der Waals surface area (Å²) < 4.78 is 17.7. The third kappa shape index (κ3) is 4.22. The molecule has 0 saturated carbocycles. The third-order valence-electron chi connectivity index (χ3n) is 6.06. The molecule has 0 spiro atoms. The Morgan fingerprint density at radius 1 is 1.14 bits per heavy atom. The monoisotopic (exact) mass is 398 g/mol. The Kier molecular flexibility index (Phi) is 6.73. The van der Waals surface area contributed by atoms with E-state index in [4.69, 9.17) is 14.2 Å². The SMILES string of the molecule is CC[C@H]1OC(O)(c2ccc(OC)c(C=O)c2)C(OCc2ccccc2)C(C)C1C. The molecule has 2 aromatic rings. The summed E-state index contributed by atoms with van der Waals surface area (Å²) in [6.07, 6.45) is 0.787. The van der Waals surface area contributed by atoms with Crippen LogP contribution in [0.1, 0.15) is 48.7 Å². The first-order valence-electron chi connectivity index (χ1n) is 10.1. The van der Waals surface area contributed by atoms with Gasteiger partial charge in [-0.2, -0.15) is 0 Å². The zero-order valence-electron chi connectivity index (χ0n) is 17.5. The van der Waals surface area contributed by atoms with Crippen molar-refractivity contribution in [3.05, 3.63) is 65.2 Å². The van der Waals surface area contributed by atoms with Crippen molar-refractivity contribution in [1.82, 2.24) is 0 Å². The van der Waals surface area contributed by atoms with Gasteiger partial charge >= 0.3 is 0 Å². The lowest BCUT2D eigenvalue weighted by Gasteiger charge is -2.49. The largest absolute Gasteiger partial charge is 0.496 e. The summed E-state index contributed by atoms with van der Waals surface area (Å²) in [5, 5.41) is 11.7. The van der Waals surface area contributed by atoms with Crippen LogP contribution in [0.2, 0.25) is 0 Å². The molecule has 1 fully saturated rings. The molecule has 29 heavy (non-hydrogen) atoms. The minimum absolute atomic E-state index is 0.0456. The van der Waals surface area contributed by atoms with Gasteiger partial charge in [-0.05, 0) is 42.0 Å². The smallest absolute Gasteiger partial charge is 0.220 e. The van der Waals surface area contributed by atoms with Gasteiger partial charge in [-0.25, -0.2) is 0 Å². The molecule has 1 saturated heterocycles. The van der Waals surface area contributed by atoms with Crippen LogP contribution in [0, 0.1) is 11.8 Å². The van der Waals surface area contributed by atoms with Crippen molar-refractivity contribution >= 4 is 6.29 Å². The highest BCUT2D eigenvalue weighted by molar-refractivity contribution is 5.79. The van der Waals surface area contributed by atoms with E-state index in [0.29, 0.717) is 23.5 Å². The number of hydrogen-bond donors (Lipinski definition) is 1. The van der Waals surface area contributed by atoms with Crippen molar-refractivity contribution in [2.75, 3.05) is 7.11 Å². The lowest BCUT2D eigenvalue weighted by molar-refractivity contribution is -0.346. The normalized spacial score (nSPS) is 29.4. The topological polar surface area (TPSA) is 65.0 Å². The number of carbonyl (C=O) groups excluding carboxylic acids is 1. The van der Waals surface area contributed by atoms with Crippen LogP contribution in [-0.4, -0.2) is 30.7 Å². The van der Waals surface area contributed by atoms with E-state index in [1.165, 1.54) is 7.11 Å². The Labute approximate surface area is 172 Å². The number of hydrogen-bond acceptors (Lipinski definition) is 5. The summed E-state index contributed by atoms with van der Waals surface area (Å²) >= 11 is 0. The fourth-order valence-corrected chi connectivity index (χ4v) is 4.14. The van der Waals surface area contributed by atoms with Crippen LogP contribution < -0.4 is 4.74 Å². The molecule has 5 heteroatoms. The molecule has 156 valence electrons. The van der Waals surface area contributed by atoms with Crippen molar-refractivity contribution < 1.29 is 24.1 Å². The molecule has 0 aliphatic carbocycles. The molecule has 4 unspecified atom stereocenters. The molecule has 1 aliphatic rings. The molecule has 0 bridgehead atoms. The maximum atomic E-state index is 11.7. The molecule has 0 aromatic heterocycles. The zero-order valence-corrected chi connectivity index (χ0v) is 17.5. The van der Waals surface area contributed by atoms with Crippen LogP contribution in [-0.2, 0) is 21.9 Å². The van der Waals surface area contributed by atoms with E-state index in [2.05, 4.69) is 13.8 Å². The minimum atomic E-state index is -1.66. The number of ether oxygens (including phenoxy) is 3. The summed E-state index contributed by atoms with van der Waals surface area (Å²) in [5.41, 5.74) is 1.88. The van der Waals surface area contributed by atoms with Crippen LogP contribution >= 0.6 is 0 Å². The number of benzene rings is 2. The molecular formula is C24H30O5. The first-order valence-corrected chi connectivity index (χ1v) is 10.1. The fourth-order valence-electron chi connectivity index (χ4n) is 4.14. The summed E-state index contributed by atoms with van der Waals surface area (Å²) in [6, 6.07) is 14.9. The average Bonchev–Trinajstić information content (AvgIpc) is 2.76. The summed E-state index contributed by atoms with van der Waals surface area (Å²) in [4.78, 5) is 11.5. The van der Waals surface area contributed by atoms with E-state index in [0.717, 1.165) is 18.3 Å². The van der Waals surface area contributed by atoms with Gasteiger partial charge < -0.3 is 19.3 Å². The fraction of sp³-hybridized carbons (Fsp3) is 0.458. The summed E-state index contributed by atoms with van der Waals surface area (Å²) in [7, 11) is 1.51. The Morgan fingerprint density at radius 3 is 2.48 bits per heavy atom. The number of aliphatic hydroxyl groups is 1. The number of carbonyl (C=O) groups is 1. The first-order chi connectivity index (χ1) is 13.9. The second-order valence-corrected chi connectivity index (χ2v) is 7.77. The molecule has 5 nitrogen and oxygen atoms in total. The van der Waals surface area contributed by atoms with Crippen molar-refractivity contribution in [3.8, 4) is 5.75 Å². The molecule has 0 radical (unpaired) electrons. The quantitative estimate of drug-likeness (QED) is 0.704. The molecular weight excluding hydrogens is 368 g/mol. The van der Waals surface area contributed by atoms with E-state index in [9.17, 15) is 9.90 Å². The van der Waals surface area contributed by atoms with Crippen molar-refractivity contribution in [1.29, 1.82) is 0 Å². The number of rotatable bonds is 7. The average molecular weight is 398 g/mol. The van der Waals surface area contributed by atoms with Crippen LogP contribution in [0.5, 0.6) is 5.75 Å². The predicted molar refractivity (Wildman–Crippen MR) is 111 cm³/mol. The number of methoxy groups -OCH3 is 1. The third-order valence-corrected chi connectivity index (χ3v) is 6.06. The van der Waals surface area contributed by atoms with Gasteiger partial charge in [0.2, 0.25) is 5.79 Å². The molecule has 0 amide bonds. The van der Waals surface area contributed by atoms with Crippen LogP contribution in [0.3, 0.4) is 0 Å². The standard InChI is InChI=1S/C24H30O5/c1-5-21-16(2)17(3)23(28-15-18-9-7-6-8-10-18)24(26,29-21)20-11-12-22(27-4)19(13-20)14-25/h6-14,16-17,21,23,26H,5,15H2,1-4H3/t16?,17?,21-,23?,24?/m1/s1. The van der Waals surface area contributed by atoms with Crippen LogP contribution in [0.25, 0.3) is 0 Å². The molecule has 1 aliphatic heterocycles. The van der Waals surface area contributed by atoms with Gasteiger partial charge in [-0.1, -0.05) is 51.1 Å². The van der Waals surface area contributed by atoms with Crippen molar-refractivity contribution in [2.24, 2.45) is 11.8 Å². The van der Waals surface area contributed by atoms with Gasteiger partial charge in [-0.3, -0.25) is 4.79 Å². The molecule has 2 aromatic carbocycles. The van der Waals surface area contributed by atoms with E-state index in [1.807, 2.05) is 37.3 Å². The maximum absolute atomic E-state index is 11.7. The highest BCUT2D eigenvalue weighted by Gasteiger charge is 2.52. The van der Waals surface area contributed by atoms with E-state index in [-0.39, 0.29) is 17.9 Å². The van der Waals surface area contributed by atoms with Gasteiger partial charge in [0.05, 0.1) is 25.4 Å². The van der Waals surface area contributed by atoms with Crippen LogP contribution in [0.4, 0.5) is 0 Å². The van der Waals surface area contributed by atoms with Crippen molar-refractivity contribution in [3.63, 3.8) is 0 Å². The summed E-state index contributed by atoms with van der Waals surface area (Å²) in [6.45, 7) is 6.62. The van der Waals surface area contributed by atoms with E-state index < -0.39 is 11.9 Å². The number of aldehydes is 1. The van der Waals surface area contributed by atoms with E-state index >= 15 is 0 Å². The predicted octanol–water partition coefficient (Wildman–Crippen LogP) is 4.32. The molecule has 3 rings (SSSR count). The van der Waals surface area contributed by atoms with Gasteiger partial charge in [0, 0.05) is 5.56 Å². The molecule has 1 N–H and O–H groups in total. The Balaban J connectivity index is 1.98. The van der Waals surface area contributed by atoms with Crippen molar-refractivity contribution in [2.45, 2.75) is 51.8 Å². The molecule has 1 heterocycles. The van der Waals surface area contributed by atoms with Gasteiger partial charge in [-0.15, -0.1) is 0 Å². The zero-order chi connectivity index (χ0) is 21.0. The second kappa shape index (κ2) is 9.08. The highest BCUT2D eigenvalue weighted by atomic mass is 16.7. The van der Waals surface area contributed by atoms with Gasteiger partial charge in [0.1, 0.15) is 11.9 Å². The Morgan fingerprint density at radius 2 is 1.86 bits per heavy atom. The maximum Gasteiger partial charge on any atom is 0.220 e. The van der Waals surface area contributed by atoms with Gasteiger partial charge in [0.15, 0.2) is 6.29 Å². The second-order valence-electron chi connectivity index (χ2n) is 7.77. The summed E-state index contributed by atoms with van der Waals surface area (Å²) in [5.74, 6) is -0.946. The van der Waals surface area contributed by atoms with Crippen LogP contribution in [0.15, 0.2) is 48.5 Å².